The summed E-state index contributed by atoms with van der Waals surface area (Å²) in [7, 11) is 9.55. The molecule has 83 heavy (non-hydrogen) atoms. The van der Waals surface area contributed by atoms with Crippen LogP contribution in [0, 0.1) is 0 Å². The Morgan fingerprint density at radius 3 is 1.08 bits per heavy atom. The number of methoxy groups -OCH3 is 6. The van der Waals surface area contributed by atoms with Crippen LogP contribution in [0.15, 0.2) is 158 Å². The van der Waals surface area contributed by atoms with E-state index in [1.165, 1.54) is 0 Å². The van der Waals surface area contributed by atoms with Gasteiger partial charge in [0.1, 0.15) is 11.5 Å². The van der Waals surface area contributed by atoms with Crippen LogP contribution in [0.3, 0.4) is 0 Å². The molecule has 0 saturated heterocycles. The van der Waals surface area contributed by atoms with Crippen molar-refractivity contribution >= 4 is 34.8 Å². The van der Waals surface area contributed by atoms with Gasteiger partial charge in [-0.05, 0) is 82.9 Å². The summed E-state index contributed by atoms with van der Waals surface area (Å²) in [4.78, 5) is 28.7. The zero-order valence-corrected chi connectivity index (χ0v) is 47.8. The molecule has 4 heterocycles. The summed E-state index contributed by atoms with van der Waals surface area (Å²) < 4.78 is 71.4. The van der Waals surface area contributed by atoms with Gasteiger partial charge in [0.05, 0.1) is 59.8 Å². The molecule has 0 N–H and O–H groups in total. The lowest BCUT2D eigenvalue weighted by molar-refractivity contribution is 0.0506. The third-order valence-electron chi connectivity index (χ3n) is 16.6. The standard InChI is InChI=1S/2C33H28O7.CH2Cl2/c2*1-35-28-13-20(14-29(36-2)32(28)37-3)33-17-23(21-11-7-8-12-25(21)40-33)30(31(34)19-9-5-4-6-10-19)22-15-26-27(16-24(22)33)39-18-38-26;2-1-3/h2*4-16,23,30H,17-18H2,1-3H3;1H2/t2*23-,30+,33+;/m11./s1. The summed E-state index contributed by atoms with van der Waals surface area (Å²) in [6, 6.07) is 50.5. The molecule has 8 aromatic carbocycles. The number of hydrogen-bond acceptors (Lipinski definition) is 14. The molecule has 4 aliphatic heterocycles. The average molecular weight is 1160 g/mol. The molecular formula is C67H58Cl2O14. The molecule has 0 saturated carbocycles. The summed E-state index contributed by atoms with van der Waals surface area (Å²) in [6.45, 7) is 0.244. The van der Waals surface area contributed by atoms with Crippen LogP contribution in [0.25, 0.3) is 0 Å². The van der Waals surface area contributed by atoms with Gasteiger partial charge in [-0.25, -0.2) is 0 Å². The van der Waals surface area contributed by atoms with Gasteiger partial charge in [0.25, 0.3) is 0 Å². The number of alkyl halides is 2. The van der Waals surface area contributed by atoms with Gasteiger partial charge in [-0.1, -0.05) is 97.1 Å². The predicted molar refractivity (Wildman–Crippen MR) is 311 cm³/mol. The van der Waals surface area contributed by atoms with Crippen molar-refractivity contribution < 1.29 is 66.4 Å². The lowest BCUT2D eigenvalue weighted by Gasteiger charge is -2.50. The first-order valence-corrected chi connectivity index (χ1v) is 28.0. The Balaban J connectivity index is 0.000000157. The number of para-hydroxylation sites is 2. The van der Waals surface area contributed by atoms with Crippen LogP contribution in [-0.4, -0.2) is 73.2 Å². The highest BCUT2D eigenvalue weighted by Gasteiger charge is 2.57. The van der Waals surface area contributed by atoms with Crippen LogP contribution in [-0.2, 0) is 11.2 Å². The fraction of sp³-hybridized carbons (Fsp3) is 0.254. The predicted octanol–water partition coefficient (Wildman–Crippen LogP) is 13.9. The summed E-state index contributed by atoms with van der Waals surface area (Å²) in [5, 5.41) is 0.194. The number of benzene rings is 8. The van der Waals surface area contributed by atoms with E-state index in [0.29, 0.717) is 81.5 Å². The molecule has 14 rings (SSSR count). The third kappa shape index (κ3) is 9.19. The number of rotatable bonds is 12. The second-order valence-electron chi connectivity index (χ2n) is 20.5. The van der Waals surface area contributed by atoms with Crippen molar-refractivity contribution in [3.8, 4) is 69.0 Å². The quantitative estimate of drug-likeness (QED) is 0.0845. The van der Waals surface area contributed by atoms with Crippen molar-refractivity contribution in [2.24, 2.45) is 0 Å². The first-order valence-electron chi connectivity index (χ1n) is 26.9. The molecule has 0 spiro atoms. The van der Waals surface area contributed by atoms with E-state index in [1.54, 1.807) is 42.7 Å². The Kier molecular flexibility index (Phi) is 14.9. The maximum atomic E-state index is 14.3. The van der Waals surface area contributed by atoms with Gasteiger partial charge in [0.15, 0.2) is 68.8 Å². The number of ether oxygens (including phenoxy) is 12. The van der Waals surface area contributed by atoms with Crippen LogP contribution in [0.5, 0.6) is 69.0 Å². The first-order chi connectivity index (χ1) is 40.6. The largest absolute Gasteiger partial charge is 0.493 e. The number of carbonyl (C=O) groups is 2. The van der Waals surface area contributed by atoms with Gasteiger partial charge in [-0.15, -0.1) is 23.2 Å². The Morgan fingerprint density at radius 1 is 0.422 bits per heavy atom. The molecule has 0 fully saturated rings. The molecule has 8 aromatic rings. The molecular weight excluding hydrogens is 1100 g/mol. The molecule has 16 heteroatoms. The normalized spacial score (nSPS) is 20.9. The summed E-state index contributed by atoms with van der Waals surface area (Å²) >= 11 is 9.53. The van der Waals surface area contributed by atoms with Crippen LogP contribution >= 0.6 is 23.2 Å². The van der Waals surface area contributed by atoms with E-state index in [-0.39, 0.29) is 42.3 Å². The molecule has 2 aliphatic carbocycles. The zero-order valence-electron chi connectivity index (χ0n) is 46.3. The second kappa shape index (κ2) is 22.6. The smallest absolute Gasteiger partial charge is 0.231 e. The molecule has 6 atom stereocenters. The molecule has 0 radical (unpaired) electrons. The highest BCUT2D eigenvalue weighted by molar-refractivity contribution is 6.40. The van der Waals surface area contributed by atoms with Crippen molar-refractivity contribution in [3.05, 3.63) is 213 Å². The molecule has 424 valence electrons. The average Bonchev–Trinajstić information content (AvgIpc) is 1.43. The Hall–Kier alpha value is -8.72. The number of hydrogen-bond donors (Lipinski definition) is 0. The van der Waals surface area contributed by atoms with Gasteiger partial charge < -0.3 is 56.8 Å². The summed E-state index contributed by atoms with van der Waals surface area (Å²) in [6.07, 6.45) is 1.05. The van der Waals surface area contributed by atoms with Crippen molar-refractivity contribution in [2.75, 3.05) is 61.6 Å². The van der Waals surface area contributed by atoms with Gasteiger partial charge in [0, 0.05) is 58.1 Å². The SMILES string of the molecule is COc1cc([C@]23C[C@H](c4ccccc4O2)[C@@H](C(=O)c2ccccc2)c2cc4c(cc23)OCO4)cc(OC)c1OC.COc1cc([C@]23C[C@H](c4ccccc4O2)[C@@H](C(=O)c2ccccc2)c2cc4c(cc23)OCO4)cc(OC)c1OC.ClCCl. The molecule has 0 aromatic heterocycles. The van der Waals surface area contributed by atoms with E-state index in [1.807, 2.05) is 146 Å². The molecule has 4 bridgehead atoms. The van der Waals surface area contributed by atoms with E-state index in [9.17, 15) is 9.59 Å². The molecule has 6 aliphatic rings. The highest BCUT2D eigenvalue weighted by Crippen LogP contribution is 2.64. The van der Waals surface area contributed by atoms with Crippen LogP contribution in [0.4, 0.5) is 0 Å². The fourth-order valence-electron chi connectivity index (χ4n) is 13.1. The van der Waals surface area contributed by atoms with Crippen molar-refractivity contribution in [2.45, 2.75) is 47.7 Å². The van der Waals surface area contributed by atoms with Crippen molar-refractivity contribution in [1.29, 1.82) is 0 Å². The van der Waals surface area contributed by atoms with Gasteiger partial charge in [0.2, 0.25) is 25.1 Å². The molecule has 0 amide bonds. The minimum atomic E-state index is -0.963. The maximum absolute atomic E-state index is 14.3. The van der Waals surface area contributed by atoms with E-state index < -0.39 is 23.0 Å². The van der Waals surface area contributed by atoms with Crippen LogP contribution in [0.1, 0.15) is 102 Å². The Morgan fingerprint density at radius 2 is 0.747 bits per heavy atom. The van der Waals surface area contributed by atoms with E-state index in [0.717, 1.165) is 56.0 Å². The Bertz CT molecular complexity index is 3490. The number of halogens is 2. The first kappa shape index (κ1) is 54.8. The number of carbonyl (C=O) groups excluding carboxylic acids is 2. The van der Waals surface area contributed by atoms with Crippen LogP contribution in [0.2, 0.25) is 0 Å². The van der Waals surface area contributed by atoms with Gasteiger partial charge in [-0.2, -0.15) is 0 Å². The van der Waals surface area contributed by atoms with E-state index in [2.05, 4.69) is 12.1 Å². The molecule has 14 nitrogen and oxygen atoms in total. The van der Waals surface area contributed by atoms with Crippen LogP contribution < -0.4 is 56.8 Å². The fourth-order valence-corrected chi connectivity index (χ4v) is 13.1. The maximum Gasteiger partial charge on any atom is 0.231 e. The number of fused-ring (bicyclic) bond motifs is 14. The minimum Gasteiger partial charge on any atom is -0.493 e. The lowest BCUT2D eigenvalue weighted by atomic mass is 9.60. The number of Topliss-reactive ketones (excluding diaryl/α,β-unsaturated/α-hetero) is 2. The van der Waals surface area contributed by atoms with Crippen molar-refractivity contribution in [3.63, 3.8) is 0 Å². The van der Waals surface area contributed by atoms with Crippen molar-refractivity contribution in [1.82, 2.24) is 0 Å². The third-order valence-corrected chi connectivity index (χ3v) is 16.6. The highest BCUT2D eigenvalue weighted by atomic mass is 35.5. The molecule has 0 unspecified atom stereocenters. The number of ketones is 2. The second-order valence-corrected chi connectivity index (χ2v) is 21.3. The Labute approximate surface area is 490 Å². The topological polar surface area (TPSA) is 145 Å². The lowest BCUT2D eigenvalue weighted by Crippen LogP contribution is -2.46. The zero-order chi connectivity index (χ0) is 57.6. The summed E-state index contributed by atoms with van der Waals surface area (Å²) in [5.74, 6) is 5.94. The van der Waals surface area contributed by atoms with Gasteiger partial charge >= 0.3 is 0 Å². The van der Waals surface area contributed by atoms with E-state index >= 15 is 0 Å². The minimum absolute atomic E-state index is 0.0564. The van der Waals surface area contributed by atoms with E-state index in [4.69, 9.17) is 80.0 Å². The van der Waals surface area contributed by atoms with Gasteiger partial charge in [-0.3, -0.25) is 9.59 Å². The monoisotopic (exact) mass is 1160 g/mol. The summed E-state index contributed by atoms with van der Waals surface area (Å²) in [5.41, 5.74) is 6.49.